The third-order valence-electron chi connectivity index (χ3n) is 4.47. The molecule has 0 fully saturated rings. The number of hydrogen-bond donors (Lipinski definition) is 1. The molecule has 0 radical (unpaired) electrons. The lowest BCUT2D eigenvalue weighted by atomic mass is 10.1. The van der Waals surface area contributed by atoms with E-state index in [1.165, 1.54) is 24.3 Å². The molecule has 3 aromatic rings. The van der Waals surface area contributed by atoms with E-state index in [0.717, 1.165) is 22.0 Å². The number of nitrogens with one attached hydrogen (secondary N) is 1. The van der Waals surface area contributed by atoms with Crippen molar-refractivity contribution in [1.29, 1.82) is 0 Å². The van der Waals surface area contributed by atoms with Gasteiger partial charge in [-0.1, -0.05) is 41.9 Å². The number of amides is 1. The van der Waals surface area contributed by atoms with E-state index in [1.54, 1.807) is 0 Å². The number of sulfonamides is 1. The fourth-order valence-electron chi connectivity index (χ4n) is 2.88. The molecule has 5 nitrogen and oxygen atoms in total. The van der Waals surface area contributed by atoms with Gasteiger partial charge in [-0.2, -0.15) is 4.31 Å². The van der Waals surface area contributed by atoms with Gasteiger partial charge in [-0.05, 0) is 48.4 Å². The van der Waals surface area contributed by atoms with Crippen LogP contribution in [-0.2, 0) is 21.2 Å². The number of benzene rings is 3. The summed E-state index contributed by atoms with van der Waals surface area (Å²) in [6, 6.07) is 17.5. The van der Waals surface area contributed by atoms with Crippen LogP contribution in [0.1, 0.15) is 5.56 Å². The molecule has 0 aliphatic carbocycles. The van der Waals surface area contributed by atoms with Crippen LogP contribution in [0, 0.1) is 11.6 Å². The van der Waals surface area contributed by atoms with Crippen LogP contribution in [0.4, 0.5) is 14.5 Å². The molecule has 1 amide bonds. The summed E-state index contributed by atoms with van der Waals surface area (Å²) in [5.74, 6) is -2.49. The number of anilines is 1. The van der Waals surface area contributed by atoms with Crippen molar-refractivity contribution in [3.63, 3.8) is 0 Å². The van der Waals surface area contributed by atoms with Crippen molar-refractivity contribution < 1.29 is 22.0 Å². The van der Waals surface area contributed by atoms with Crippen LogP contribution in [0.5, 0.6) is 0 Å². The second kappa shape index (κ2) is 10.00. The van der Waals surface area contributed by atoms with Gasteiger partial charge in [0.25, 0.3) is 0 Å². The van der Waals surface area contributed by atoms with Crippen molar-refractivity contribution in [2.45, 2.75) is 11.3 Å². The van der Waals surface area contributed by atoms with Crippen LogP contribution in [0.2, 0.25) is 5.02 Å². The standard InChI is InChI=1S/C22H19ClF2N2O3S/c23-17-6-9-19(10-7-17)31(29,30)27(13-12-16-4-2-1-3-5-16)15-22(28)26-21-11-8-18(24)14-20(21)25/h1-11,14H,12-13,15H2,(H,26,28). The van der Waals surface area contributed by atoms with Crippen molar-refractivity contribution in [3.8, 4) is 0 Å². The Labute approximate surface area is 184 Å². The maximum absolute atomic E-state index is 13.9. The highest BCUT2D eigenvalue weighted by Gasteiger charge is 2.27. The van der Waals surface area contributed by atoms with E-state index in [1.807, 2.05) is 30.3 Å². The first-order chi connectivity index (χ1) is 14.8. The van der Waals surface area contributed by atoms with Gasteiger partial charge in [-0.3, -0.25) is 4.79 Å². The largest absolute Gasteiger partial charge is 0.322 e. The van der Waals surface area contributed by atoms with Crippen molar-refractivity contribution in [2.75, 3.05) is 18.4 Å². The lowest BCUT2D eigenvalue weighted by Crippen LogP contribution is -2.39. The molecule has 0 unspecified atom stereocenters. The average molecular weight is 465 g/mol. The van der Waals surface area contributed by atoms with Crippen LogP contribution in [0.25, 0.3) is 0 Å². The molecule has 3 aromatic carbocycles. The van der Waals surface area contributed by atoms with E-state index >= 15 is 0 Å². The zero-order chi connectivity index (χ0) is 22.4. The van der Waals surface area contributed by atoms with Gasteiger partial charge >= 0.3 is 0 Å². The number of nitrogens with zero attached hydrogens (tertiary/aromatic N) is 1. The van der Waals surface area contributed by atoms with Gasteiger partial charge in [0.05, 0.1) is 17.1 Å². The molecular formula is C22H19ClF2N2O3S. The Morgan fingerprint density at radius 1 is 0.968 bits per heavy atom. The molecule has 3 rings (SSSR count). The molecule has 0 aliphatic heterocycles. The van der Waals surface area contributed by atoms with Gasteiger partial charge in [0.1, 0.15) is 11.6 Å². The summed E-state index contributed by atoms with van der Waals surface area (Å²) in [5, 5.41) is 2.67. The number of carbonyl (C=O) groups is 1. The first kappa shape index (κ1) is 22.9. The molecule has 1 N–H and O–H groups in total. The zero-order valence-electron chi connectivity index (χ0n) is 16.3. The monoisotopic (exact) mass is 464 g/mol. The Kier molecular flexibility index (Phi) is 7.37. The van der Waals surface area contributed by atoms with Gasteiger partial charge in [-0.25, -0.2) is 17.2 Å². The Balaban J connectivity index is 1.82. The summed E-state index contributed by atoms with van der Waals surface area (Å²) in [6.45, 7) is -0.525. The van der Waals surface area contributed by atoms with Gasteiger partial charge in [0.2, 0.25) is 15.9 Å². The molecule has 31 heavy (non-hydrogen) atoms. The first-order valence-corrected chi connectivity index (χ1v) is 11.1. The highest BCUT2D eigenvalue weighted by molar-refractivity contribution is 7.89. The fourth-order valence-corrected chi connectivity index (χ4v) is 4.40. The molecule has 0 aromatic heterocycles. The molecule has 162 valence electrons. The molecule has 0 heterocycles. The fraction of sp³-hybridized carbons (Fsp3) is 0.136. The normalized spacial score (nSPS) is 11.5. The zero-order valence-corrected chi connectivity index (χ0v) is 17.8. The Morgan fingerprint density at radius 2 is 1.65 bits per heavy atom. The second-order valence-electron chi connectivity index (χ2n) is 6.70. The third kappa shape index (κ3) is 6.10. The van der Waals surface area contributed by atoms with Gasteiger partial charge < -0.3 is 5.32 Å². The smallest absolute Gasteiger partial charge is 0.243 e. The van der Waals surface area contributed by atoms with Crippen molar-refractivity contribution >= 4 is 33.2 Å². The van der Waals surface area contributed by atoms with E-state index in [4.69, 9.17) is 11.6 Å². The summed E-state index contributed by atoms with van der Waals surface area (Å²) < 4.78 is 54.2. The van der Waals surface area contributed by atoms with Crippen molar-refractivity contribution in [1.82, 2.24) is 4.31 Å². The van der Waals surface area contributed by atoms with Crippen LogP contribution < -0.4 is 5.32 Å². The summed E-state index contributed by atoms with van der Waals surface area (Å²) in [6.07, 6.45) is 0.367. The molecule has 0 saturated carbocycles. The third-order valence-corrected chi connectivity index (χ3v) is 6.58. The Hall–Kier alpha value is -2.81. The highest BCUT2D eigenvalue weighted by atomic mass is 35.5. The van der Waals surface area contributed by atoms with Crippen LogP contribution in [0.15, 0.2) is 77.7 Å². The molecular weight excluding hydrogens is 446 g/mol. The molecule has 0 aliphatic rings. The van der Waals surface area contributed by atoms with E-state index in [9.17, 15) is 22.0 Å². The number of carbonyl (C=O) groups excluding carboxylic acids is 1. The molecule has 0 atom stereocenters. The second-order valence-corrected chi connectivity index (χ2v) is 9.07. The van der Waals surface area contributed by atoms with Crippen molar-refractivity contribution in [3.05, 3.63) is 95.0 Å². The lowest BCUT2D eigenvalue weighted by Gasteiger charge is -2.22. The lowest BCUT2D eigenvalue weighted by molar-refractivity contribution is -0.116. The average Bonchev–Trinajstić information content (AvgIpc) is 2.74. The van der Waals surface area contributed by atoms with Crippen LogP contribution in [0.3, 0.4) is 0 Å². The predicted molar refractivity (Wildman–Crippen MR) is 115 cm³/mol. The summed E-state index contributed by atoms with van der Waals surface area (Å²) >= 11 is 5.85. The Bertz CT molecular complexity index is 1160. The van der Waals surface area contributed by atoms with E-state index in [0.29, 0.717) is 17.5 Å². The van der Waals surface area contributed by atoms with E-state index in [2.05, 4.69) is 5.32 Å². The SMILES string of the molecule is O=C(CN(CCc1ccccc1)S(=O)(=O)c1ccc(Cl)cc1)Nc1ccc(F)cc1F. The minimum absolute atomic E-state index is 0.0221. The summed E-state index contributed by atoms with van der Waals surface area (Å²) in [5.41, 5.74) is 0.655. The van der Waals surface area contributed by atoms with Crippen molar-refractivity contribution in [2.24, 2.45) is 0 Å². The molecule has 0 bridgehead atoms. The summed E-state index contributed by atoms with van der Waals surface area (Å²) in [4.78, 5) is 12.5. The van der Waals surface area contributed by atoms with Gasteiger partial charge in [0.15, 0.2) is 0 Å². The van der Waals surface area contributed by atoms with E-state index in [-0.39, 0.29) is 17.1 Å². The van der Waals surface area contributed by atoms with E-state index < -0.39 is 34.1 Å². The number of halogens is 3. The highest BCUT2D eigenvalue weighted by Crippen LogP contribution is 2.20. The Morgan fingerprint density at radius 3 is 2.29 bits per heavy atom. The molecule has 9 heteroatoms. The van der Waals surface area contributed by atoms with Crippen LogP contribution in [-0.4, -0.2) is 31.7 Å². The maximum atomic E-state index is 13.9. The number of rotatable bonds is 8. The van der Waals surface area contributed by atoms with Gasteiger partial charge in [0, 0.05) is 17.6 Å². The number of hydrogen-bond acceptors (Lipinski definition) is 3. The first-order valence-electron chi connectivity index (χ1n) is 9.30. The topological polar surface area (TPSA) is 66.5 Å². The van der Waals surface area contributed by atoms with Gasteiger partial charge in [-0.15, -0.1) is 0 Å². The van der Waals surface area contributed by atoms with Crippen LogP contribution >= 0.6 is 11.6 Å². The quantitative estimate of drug-likeness (QED) is 0.534. The minimum atomic E-state index is -4.03. The minimum Gasteiger partial charge on any atom is -0.322 e. The molecule has 0 spiro atoms. The predicted octanol–water partition coefficient (Wildman–Crippen LogP) is 4.49. The molecule has 0 saturated heterocycles. The maximum Gasteiger partial charge on any atom is 0.243 e. The summed E-state index contributed by atoms with van der Waals surface area (Å²) in [7, 11) is -4.03.